The Kier molecular flexibility index (Phi) is 4.22. The first-order valence-electron chi connectivity index (χ1n) is 6.52. The first-order valence-corrected chi connectivity index (χ1v) is 6.52. The van der Waals surface area contributed by atoms with Gasteiger partial charge in [-0.05, 0) is 32.4 Å². The molecule has 0 bridgehead atoms. The third kappa shape index (κ3) is 3.58. The molecular weight excluding hydrogens is 242 g/mol. The Labute approximate surface area is 112 Å². The Hall–Kier alpha value is -1.81. The van der Waals surface area contributed by atoms with E-state index in [0.29, 0.717) is 12.8 Å². The number of rotatable bonds is 5. The highest BCUT2D eigenvalue weighted by molar-refractivity contribution is 5.79. The van der Waals surface area contributed by atoms with E-state index < -0.39 is 6.10 Å². The summed E-state index contributed by atoms with van der Waals surface area (Å²) in [5.41, 5.74) is 0.822. The number of carbonyl (C=O) groups excluding carboxylic acids is 1. The van der Waals surface area contributed by atoms with Crippen molar-refractivity contribution in [2.75, 3.05) is 0 Å². The molecule has 0 aliphatic rings. The number of para-hydroxylation sites is 1. The van der Waals surface area contributed by atoms with Crippen LogP contribution in [0.3, 0.4) is 0 Å². The van der Waals surface area contributed by atoms with E-state index in [1.165, 1.54) is 0 Å². The maximum atomic E-state index is 11.7. The molecule has 2 N–H and O–H groups in total. The van der Waals surface area contributed by atoms with Crippen LogP contribution in [0.2, 0.25) is 0 Å². The van der Waals surface area contributed by atoms with Crippen molar-refractivity contribution >= 4 is 16.9 Å². The molecule has 102 valence electrons. The van der Waals surface area contributed by atoms with Gasteiger partial charge in [0.2, 0.25) is 5.91 Å². The minimum Gasteiger partial charge on any atom is -0.459 e. The SMILES string of the molecule is CC(O)CCC(=O)NC(C)c1cc2ccccc2o1. The molecule has 0 saturated heterocycles. The lowest BCUT2D eigenvalue weighted by Crippen LogP contribution is -2.26. The van der Waals surface area contributed by atoms with Crippen LogP contribution >= 0.6 is 0 Å². The number of hydrogen-bond acceptors (Lipinski definition) is 3. The molecule has 2 rings (SSSR count). The van der Waals surface area contributed by atoms with Crippen LogP contribution in [0.15, 0.2) is 34.7 Å². The van der Waals surface area contributed by atoms with Gasteiger partial charge in [0, 0.05) is 11.8 Å². The van der Waals surface area contributed by atoms with E-state index in [-0.39, 0.29) is 11.9 Å². The highest BCUT2D eigenvalue weighted by Gasteiger charge is 2.14. The van der Waals surface area contributed by atoms with Gasteiger partial charge in [-0.2, -0.15) is 0 Å². The number of aliphatic hydroxyl groups is 1. The summed E-state index contributed by atoms with van der Waals surface area (Å²) in [6, 6.07) is 9.52. The topological polar surface area (TPSA) is 62.5 Å². The largest absolute Gasteiger partial charge is 0.459 e. The van der Waals surface area contributed by atoms with Gasteiger partial charge in [-0.15, -0.1) is 0 Å². The van der Waals surface area contributed by atoms with Crippen LogP contribution in [0.25, 0.3) is 11.0 Å². The van der Waals surface area contributed by atoms with Gasteiger partial charge in [0.15, 0.2) is 0 Å². The van der Waals surface area contributed by atoms with Crippen LogP contribution in [0.4, 0.5) is 0 Å². The molecule has 1 aromatic heterocycles. The number of carbonyl (C=O) groups is 1. The predicted molar refractivity (Wildman–Crippen MR) is 73.7 cm³/mol. The average Bonchev–Trinajstić information content (AvgIpc) is 2.80. The maximum Gasteiger partial charge on any atom is 0.220 e. The molecule has 0 aliphatic carbocycles. The molecule has 0 aliphatic heterocycles. The lowest BCUT2D eigenvalue weighted by Gasteiger charge is -2.11. The van der Waals surface area contributed by atoms with Crippen LogP contribution in [-0.2, 0) is 4.79 Å². The summed E-state index contributed by atoms with van der Waals surface area (Å²) in [7, 11) is 0. The highest BCUT2D eigenvalue weighted by atomic mass is 16.3. The summed E-state index contributed by atoms with van der Waals surface area (Å²) in [4.78, 5) is 11.7. The van der Waals surface area contributed by atoms with Gasteiger partial charge in [0.05, 0.1) is 12.1 Å². The van der Waals surface area contributed by atoms with E-state index >= 15 is 0 Å². The van der Waals surface area contributed by atoms with E-state index in [1.807, 2.05) is 37.3 Å². The van der Waals surface area contributed by atoms with Gasteiger partial charge in [0.1, 0.15) is 11.3 Å². The first-order chi connectivity index (χ1) is 9.06. The second kappa shape index (κ2) is 5.89. The Morgan fingerprint density at radius 1 is 1.37 bits per heavy atom. The summed E-state index contributed by atoms with van der Waals surface area (Å²) in [6.45, 7) is 3.56. The predicted octanol–water partition coefficient (Wildman–Crippen LogP) is 2.77. The number of fused-ring (bicyclic) bond motifs is 1. The molecule has 4 heteroatoms. The molecule has 1 aromatic carbocycles. The third-order valence-corrected chi connectivity index (χ3v) is 3.04. The number of benzene rings is 1. The molecule has 19 heavy (non-hydrogen) atoms. The zero-order chi connectivity index (χ0) is 13.8. The lowest BCUT2D eigenvalue weighted by molar-refractivity contribution is -0.122. The molecule has 0 spiro atoms. The quantitative estimate of drug-likeness (QED) is 0.870. The molecule has 4 nitrogen and oxygen atoms in total. The fourth-order valence-corrected chi connectivity index (χ4v) is 1.94. The Morgan fingerprint density at radius 2 is 2.11 bits per heavy atom. The zero-order valence-electron chi connectivity index (χ0n) is 11.2. The van der Waals surface area contributed by atoms with Crippen molar-refractivity contribution in [2.45, 2.75) is 38.8 Å². The summed E-state index contributed by atoms with van der Waals surface area (Å²) in [6.07, 6.45) is 0.341. The van der Waals surface area contributed by atoms with E-state index in [4.69, 9.17) is 9.52 Å². The second-order valence-corrected chi connectivity index (χ2v) is 4.86. The molecule has 1 heterocycles. The van der Waals surface area contributed by atoms with Crippen LogP contribution in [0, 0.1) is 0 Å². The summed E-state index contributed by atoms with van der Waals surface area (Å²) < 4.78 is 5.69. The number of hydrogen-bond donors (Lipinski definition) is 2. The lowest BCUT2D eigenvalue weighted by atomic mass is 10.2. The molecule has 2 unspecified atom stereocenters. The smallest absolute Gasteiger partial charge is 0.220 e. The first kappa shape index (κ1) is 13.6. The monoisotopic (exact) mass is 261 g/mol. The second-order valence-electron chi connectivity index (χ2n) is 4.86. The van der Waals surface area contributed by atoms with Gasteiger partial charge in [-0.1, -0.05) is 18.2 Å². The van der Waals surface area contributed by atoms with Crippen LogP contribution in [0.5, 0.6) is 0 Å². The van der Waals surface area contributed by atoms with E-state index in [2.05, 4.69) is 5.32 Å². The summed E-state index contributed by atoms with van der Waals surface area (Å²) in [5.74, 6) is 0.667. The molecular formula is C15H19NO3. The molecule has 2 aromatic rings. The Morgan fingerprint density at radius 3 is 2.79 bits per heavy atom. The Bertz CT molecular complexity index is 526. The van der Waals surface area contributed by atoms with Gasteiger partial charge in [0.25, 0.3) is 0 Å². The van der Waals surface area contributed by atoms with Crippen LogP contribution < -0.4 is 5.32 Å². The Balaban J connectivity index is 1.99. The van der Waals surface area contributed by atoms with Crippen LogP contribution in [0.1, 0.15) is 38.5 Å². The van der Waals surface area contributed by atoms with E-state index in [1.54, 1.807) is 6.92 Å². The average molecular weight is 261 g/mol. The zero-order valence-corrected chi connectivity index (χ0v) is 11.2. The number of amides is 1. The maximum absolute atomic E-state index is 11.7. The van der Waals surface area contributed by atoms with Crippen molar-refractivity contribution in [3.05, 3.63) is 36.1 Å². The van der Waals surface area contributed by atoms with Gasteiger partial charge in [-0.25, -0.2) is 0 Å². The van der Waals surface area contributed by atoms with Crippen molar-refractivity contribution in [1.82, 2.24) is 5.32 Å². The molecule has 0 radical (unpaired) electrons. The van der Waals surface area contributed by atoms with Gasteiger partial charge >= 0.3 is 0 Å². The normalized spacial score (nSPS) is 14.3. The van der Waals surface area contributed by atoms with Crippen molar-refractivity contribution in [3.8, 4) is 0 Å². The van der Waals surface area contributed by atoms with E-state index in [0.717, 1.165) is 16.7 Å². The van der Waals surface area contributed by atoms with Gasteiger partial charge in [-0.3, -0.25) is 4.79 Å². The van der Waals surface area contributed by atoms with Crippen molar-refractivity contribution < 1.29 is 14.3 Å². The fourth-order valence-electron chi connectivity index (χ4n) is 1.94. The highest BCUT2D eigenvalue weighted by Crippen LogP contribution is 2.23. The summed E-state index contributed by atoms with van der Waals surface area (Å²) >= 11 is 0. The van der Waals surface area contributed by atoms with Crippen LogP contribution in [-0.4, -0.2) is 17.1 Å². The standard InChI is InChI=1S/C15H19NO3/c1-10(17)7-8-15(18)16-11(2)14-9-12-5-3-4-6-13(12)19-14/h3-6,9-11,17H,7-8H2,1-2H3,(H,16,18). The molecule has 1 amide bonds. The molecule has 0 saturated carbocycles. The van der Waals surface area contributed by atoms with Crippen molar-refractivity contribution in [2.24, 2.45) is 0 Å². The fraction of sp³-hybridized carbons (Fsp3) is 0.400. The minimum absolute atomic E-state index is 0.0751. The van der Waals surface area contributed by atoms with Crippen molar-refractivity contribution in [1.29, 1.82) is 0 Å². The minimum atomic E-state index is -0.452. The molecule has 2 atom stereocenters. The number of nitrogens with one attached hydrogen (secondary N) is 1. The van der Waals surface area contributed by atoms with Crippen molar-refractivity contribution in [3.63, 3.8) is 0 Å². The third-order valence-electron chi connectivity index (χ3n) is 3.04. The molecule has 0 fully saturated rings. The van der Waals surface area contributed by atoms with Gasteiger partial charge < -0.3 is 14.8 Å². The van der Waals surface area contributed by atoms with E-state index in [9.17, 15) is 4.79 Å². The number of aliphatic hydroxyl groups excluding tert-OH is 1. The summed E-state index contributed by atoms with van der Waals surface area (Å²) in [5, 5.41) is 13.0. The number of furan rings is 1.